The second-order valence-corrected chi connectivity index (χ2v) is 4.74. The fraction of sp³-hybridized carbons (Fsp3) is 0.0667. The number of fused-ring (bicyclic) bond motifs is 1. The minimum absolute atomic E-state index is 0.154. The van der Waals surface area contributed by atoms with Crippen LogP contribution in [0.15, 0.2) is 57.6 Å². The lowest BCUT2D eigenvalue weighted by Gasteiger charge is -1.98. The van der Waals surface area contributed by atoms with Gasteiger partial charge in [0.1, 0.15) is 0 Å². The Kier molecular flexibility index (Phi) is 3.30. The van der Waals surface area contributed by atoms with Gasteiger partial charge in [-0.05, 0) is 12.1 Å². The Morgan fingerprint density at radius 1 is 1.23 bits per heavy atom. The van der Waals surface area contributed by atoms with Gasteiger partial charge in [-0.1, -0.05) is 18.2 Å². The topological polar surface area (TPSA) is 99.8 Å². The predicted octanol–water partition coefficient (Wildman–Crippen LogP) is 2.50. The van der Waals surface area contributed by atoms with Crippen LogP contribution in [0, 0.1) is 0 Å². The molecule has 7 nitrogen and oxygen atoms in total. The summed E-state index contributed by atoms with van der Waals surface area (Å²) in [6, 6.07) is 9.82. The number of carbonyl (C=O) groups is 1. The zero-order valence-electron chi connectivity index (χ0n) is 11.6. The van der Waals surface area contributed by atoms with Crippen molar-refractivity contribution in [2.24, 2.45) is 17.3 Å². The number of amides is 1. The van der Waals surface area contributed by atoms with E-state index in [0.717, 1.165) is 0 Å². The monoisotopic (exact) mass is 296 g/mol. The third-order valence-corrected chi connectivity index (χ3v) is 3.23. The number of H-pyrrole nitrogens is 1. The van der Waals surface area contributed by atoms with E-state index in [1.54, 1.807) is 25.2 Å². The highest BCUT2D eigenvalue weighted by Crippen LogP contribution is 2.35. The zero-order valence-corrected chi connectivity index (χ0v) is 11.6. The number of aromatic hydroxyl groups is 1. The number of aromatic amines is 1. The van der Waals surface area contributed by atoms with Gasteiger partial charge in [-0.25, -0.2) is 0 Å². The Hall–Kier alpha value is -3.22. The number of pyridine rings is 1. The third kappa shape index (κ3) is 2.39. The second-order valence-electron chi connectivity index (χ2n) is 4.74. The van der Waals surface area contributed by atoms with E-state index in [1.807, 2.05) is 6.07 Å². The number of rotatable bonds is 2. The first kappa shape index (κ1) is 13.7. The Morgan fingerprint density at radius 3 is 2.77 bits per heavy atom. The molecule has 0 fully saturated rings. The average Bonchev–Trinajstić information content (AvgIpc) is 2.83. The number of aryl methyl sites for hydroxylation is 1. The van der Waals surface area contributed by atoms with Crippen molar-refractivity contribution >= 4 is 22.5 Å². The van der Waals surface area contributed by atoms with Crippen LogP contribution in [-0.4, -0.2) is 20.6 Å². The minimum Gasteiger partial charge on any atom is -0.493 e. The van der Waals surface area contributed by atoms with Gasteiger partial charge in [0.05, 0.1) is 11.1 Å². The van der Waals surface area contributed by atoms with Gasteiger partial charge in [-0.3, -0.25) is 9.59 Å². The predicted molar refractivity (Wildman–Crippen MR) is 80.5 cm³/mol. The number of benzene rings is 1. The molecule has 0 spiro atoms. The van der Waals surface area contributed by atoms with E-state index in [-0.39, 0.29) is 22.7 Å². The summed E-state index contributed by atoms with van der Waals surface area (Å²) in [7, 11) is 1.54. The van der Waals surface area contributed by atoms with Gasteiger partial charge < -0.3 is 14.7 Å². The van der Waals surface area contributed by atoms with Crippen LogP contribution in [0.3, 0.4) is 0 Å². The van der Waals surface area contributed by atoms with Crippen LogP contribution in [0.5, 0.6) is 5.88 Å². The average molecular weight is 296 g/mol. The molecule has 0 unspecified atom stereocenters. The van der Waals surface area contributed by atoms with E-state index in [9.17, 15) is 14.7 Å². The van der Waals surface area contributed by atoms with Crippen LogP contribution in [0.2, 0.25) is 0 Å². The maximum atomic E-state index is 12.0. The maximum absolute atomic E-state index is 12.0. The van der Waals surface area contributed by atoms with Gasteiger partial charge >= 0.3 is 0 Å². The first-order valence-corrected chi connectivity index (χ1v) is 6.48. The molecule has 0 saturated carbocycles. The molecule has 0 aliphatic heterocycles. The molecule has 0 bridgehead atoms. The number of aromatic nitrogens is 2. The van der Waals surface area contributed by atoms with Crippen molar-refractivity contribution in [3.8, 4) is 5.88 Å². The van der Waals surface area contributed by atoms with E-state index in [0.29, 0.717) is 10.9 Å². The van der Waals surface area contributed by atoms with Crippen molar-refractivity contribution in [2.75, 3.05) is 0 Å². The summed E-state index contributed by atoms with van der Waals surface area (Å²) in [5.41, 5.74) is 0.921. The molecular formula is C15H12N4O3. The lowest BCUT2D eigenvalue weighted by atomic mass is 10.2. The quantitative estimate of drug-likeness (QED) is 0.710. The van der Waals surface area contributed by atoms with E-state index in [2.05, 4.69) is 15.2 Å². The molecule has 7 heteroatoms. The number of para-hydroxylation sites is 1. The Bertz CT molecular complexity index is 953. The summed E-state index contributed by atoms with van der Waals surface area (Å²) >= 11 is 0. The van der Waals surface area contributed by atoms with Crippen LogP contribution in [0.25, 0.3) is 10.9 Å². The number of azo groups is 1. The maximum Gasteiger partial charge on any atom is 0.296 e. The largest absolute Gasteiger partial charge is 0.493 e. The zero-order chi connectivity index (χ0) is 15.7. The third-order valence-electron chi connectivity index (χ3n) is 3.23. The summed E-state index contributed by atoms with van der Waals surface area (Å²) in [6.07, 6.45) is 1.39. The first-order chi connectivity index (χ1) is 10.6. The number of carbonyl (C=O) groups excluding carboxylic acids is 1. The van der Waals surface area contributed by atoms with Gasteiger partial charge in [0.25, 0.3) is 5.91 Å². The second kappa shape index (κ2) is 5.28. The lowest BCUT2D eigenvalue weighted by Crippen LogP contribution is -2.15. The molecule has 0 atom stereocenters. The Labute approximate surface area is 124 Å². The molecule has 0 radical (unpaired) electrons. The summed E-state index contributed by atoms with van der Waals surface area (Å²) < 4.78 is 1.28. The number of hydrogen-bond donors (Lipinski definition) is 2. The molecule has 110 valence electrons. The molecule has 22 heavy (non-hydrogen) atoms. The molecule has 3 rings (SSSR count). The molecule has 1 aromatic carbocycles. The van der Waals surface area contributed by atoms with Crippen LogP contribution in [0.4, 0.5) is 5.69 Å². The van der Waals surface area contributed by atoms with Crippen LogP contribution in [-0.2, 0) is 7.05 Å². The molecule has 0 saturated heterocycles. The van der Waals surface area contributed by atoms with Crippen LogP contribution >= 0.6 is 0 Å². The highest BCUT2D eigenvalue weighted by atomic mass is 16.3. The fourth-order valence-electron chi connectivity index (χ4n) is 2.09. The van der Waals surface area contributed by atoms with Gasteiger partial charge in [-0.2, -0.15) is 0 Å². The van der Waals surface area contributed by atoms with E-state index >= 15 is 0 Å². The highest BCUT2D eigenvalue weighted by molar-refractivity contribution is 5.96. The van der Waals surface area contributed by atoms with Crippen molar-refractivity contribution in [2.45, 2.75) is 0 Å². The minimum atomic E-state index is -0.597. The Balaban J connectivity index is 1.95. The molecule has 0 aliphatic rings. The summed E-state index contributed by atoms with van der Waals surface area (Å²) in [4.78, 5) is 26.0. The van der Waals surface area contributed by atoms with Crippen LogP contribution in [0.1, 0.15) is 10.4 Å². The van der Waals surface area contributed by atoms with Gasteiger partial charge in [-0.15, -0.1) is 10.2 Å². The van der Waals surface area contributed by atoms with Crippen molar-refractivity contribution in [3.63, 3.8) is 0 Å². The summed E-state index contributed by atoms with van der Waals surface area (Å²) in [5.74, 6) is -0.751. The van der Waals surface area contributed by atoms with Gasteiger partial charge in [0, 0.05) is 24.7 Å². The number of hydrogen-bond acceptors (Lipinski definition) is 4. The summed E-state index contributed by atoms with van der Waals surface area (Å²) in [5, 5.41) is 17.9. The SMILES string of the molecule is Cn1cc(C(=O)N=Nc2c(O)[nH]c3ccccc23)ccc1=O. The van der Waals surface area contributed by atoms with Gasteiger partial charge in [0.15, 0.2) is 5.69 Å². The normalized spacial score (nSPS) is 11.3. The molecule has 1 amide bonds. The van der Waals surface area contributed by atoms with Crippen molar-refractivity contribution in [3.05, 3.63) is 58.5 Å². The molecule has 2 N–H and O–H groups in total. The smallest absolute Gasteiger partial charge is 0.296 e. The molecule has 0 aliphatic carbocycles. The molecular weight excluding hydrogens is 284 g/mol. The van der Waals surface area contributed by atoms with Crippen molar-refractivity contribution in [1.82, 2.24) is 9.55 Å². The highest BCUT2D eigenvalue weighted by Gasteiger charge is 2.11. The van der Waals surface area contributed by atoms with Crippen LogP contribution < -0.4 is 5.56 Å². The van der Waals surface area contributed by atoms with Crippen molar-refractivity contribution < 1.29 is 9.90 Å². The molecule has 2 heterocycles. The number of nitrogens with one attached hydrogen (secondary N) is 1. The first-order valence-electron chi connectivity index (χ1n) is 6.48. The van der Waals surface area contributed by atoms with Crippen molar-refractivity contribution in [1.29, 1.82) is 0 Å². The number of nitrogens with zero attached hydrogens (tertiary/aromatic N) is 3. The van der Waals surface area contributed by atoms with E-state index < -0.39 is 5.91 Å². The molecule has 3 aromatic rings. The molecule has 2 aromatic heterocycles. The fourth-order valence-corrected chi connectivity index (χ4v) is 2.09. The Morgan fingerprint density at radius 2 is 2.00 bits per heavy atom. The van der Waals surface area contributed by atoms with E-state index in [1.165, 1.54) is 22.9 Å². The summed E-state index contributed by atoms with van der Waals surface area (Å²) in [6.45, 7) is 0. The van der Waals surface area contributed by atoms with Gasteiger partial charge in [0.2, 0.25) is 11.4 Å². The lowest BCUT2D eigenvalue weighted by molar-refractivity contribution is 0.0994. The standard InChI is InChI=1S/C15H12N4O3/c1-19-8-9(6-7-12(19)20)14(21)18-17-13-10-4-2-3-5-11(10)16-15(13)22/h2-8,16,22H,1H3. The van der Waals surface area contributed by atoms with E-state index in [4.69, 9.17) is 0 Å².